The van der Waals surface area contributed by atoms with Crippen LogP contribution in [0.4, 0.5) is 0 Å². The van der Waals surface area contributed by atoms with Crippen molar-refractivity contribution in [2.75, 3.05) is 13.4 Å². The molecule has 0 radical (unpaired) electrons. The van der Waals surface area contributed by atoms with Gasteiger partial charge in [-0.2, -0.15) is 0 Å². The van der Waals surface area contributed by atoms with Crippen LogP contribution in [0.1, 0.15) is 45.7 Å². The first-order valence-electron chi connectivity index (χ1n) is 12.0. The molecule has 1 heterocycles. The van der Waals surface area contributed by atoms with Crippen molar-refractivity contribution >= 4 is 35.1 Å². The van der Waals surface area contributed by atoms with Crippen molar-refractivity contribution < 1.29 is 33.3 Å². The van der Waals surface area contributed by atoms with Gasteiger partial charge in [-0.05, 0) is 64.4 Å². The van der Waals surface area contributed by atoms with E-state index in [4.69, 9.17) is 46.9 Å². The number of carbonyl (C=O) groups excluding carboxylic acids is 2. The first kappa shape index (κ1) is 29.2. The number of ether oxygens (including phenoxy) is 5. The van der Waals surface area contributed by atoms with Gasteiger partial charge in [-0.25, -0.2) is 4.79 Å². The third-order valence-corrected chi connectivity index (χ3v) is 6.08. The Balaban J connectivity index is 1.70. The fourth-order valence-electron chi connectivity index (χ4n) is 4.02. The van der Waals surface area contributed by atoms with Crippen molar-refractivity contribution in [1.29, 1.82) is 0 Å². The third kappa shape index (κ3) is 8.32. The van der Waals surface area contributed by atoms with Gasteiger partial charge < -0.3 is 29.0 Å². The van der Waals surface area contributed by atoms with Gasteiger partial charge in [-0.15, -0.1) is 0 Å². The molecule has 202 valence electrons. The molecule has 37 heavy (non-hydrogen) atoms. The predicted octanol–water partition coefficient (Wildman–Crippen LogP) is 5.07. The van der Waals surface area contributed by atoms with Crippen LogP contribution in [0.15, 0.2) is 42.5 Å². The summed E-state index contributed by atoms with van der Waals surface area (Å²) in [6.45, 7) is 9.35. The van der Waals surface area contributed by atoms with Crippen LogP contribution in [0, 0.1) is 0 Å². The van der Waals surface area contributed by atoms with Gasteiger partial charge in [0, 0.05) is 22.0 Å². The number of benzene rings is 2. The molecule has 3 atom stereocenters. The van der Waals surface area contributed by atoms with E-state index in [0.29, 0.717) is 27.8 Å². The molecule has 10 heteroatoms. The monoisotopic (exact) mass is 553 g/mol. The summed E-state index contributed by atoms with van der Waals surface area (Å²) in [7, 11) is 0. The van der Waals surface area contributed by atoms with Crippen LogP contribution in [-0.4, -0.2) is 48.8 Å². The van der Waals surface area contributed by atoms with E-state index in [1.165, 1.54) is 0 Å². The number of amides is 1. The molecular weight excluding hydrogens is 521 g/mol. The molecular formula is C27H33Cl2NO7. The highest BCUT2D eigenvalue weighted by Gasteiger charge is 2.44. The molecule has 0 unspecified atom stereocenters. The van der Waals surface area contributed by atoms with E-state index in [-0.39, 0.29) is 20.0 Å². The molecule has 0 bridgehead atoms. The predicted molar refractivity (Wildman–Crippen MR) is 140 cm³/mol. The average molecular weight is 554 g/mol. The van der Waals surface area contributed by atoms with Crippen molar-refractivity contribution in [1.82, 2.24) is 5.32 Å². The number of hydrogen-bond donors (Lipinski definition) is 1. The fourth-order valence-corrected chi connectivity index (χ4v) is 4.53. The highest BCUT2D eigenvalue weighted by molar-refractivity contribution is 6.35. The Bertz CT molecular complexity index is 1070. The van der Waals surface area contributed by atoms with E-state index in [9.17, 15) is 9.59 Å². The van der Waals surface area contributed by atoms with Crippen LogP contribution >= 0.6 is 23.2 Å². The molecule has 0 saturated carbocycles. The number of esters is 1. The van der Waals surface area contributed by atoms with Crippen LogP contribution in [0.5, 0.6) is 5.75 Å². The molecule has 3 rings (SSSR count). The molecule has 1 aliphatic heterocycles. The average Bonchev–Trinajstić information content (AvgIpc) is 3.29. The quantitative estimate of drug-likeness (QED) is 0.324. The number of hydrogen-bond acceptors (Lipinski definition) is 7. The molecule has 1 aliphatic rings. The summed E-state index contributed by atoms with van der Waals surface area (Å²) < 4.78 is 27.8. The summed E-state index contributed by atoms with van der Waals surface area (Å²) in [5.41, 5.74) is -0.0930. The number of halogens is 2. The summed E-state index contributed by atoms with van der Waals surface area (Å²) in [6.07, 6.45) is -1.94. The van der Waals surface area contributed by atoms with E-state index >= 15 is 0 Å². The fraction of sp³-hybridized carbons (Fsp3) is 0.481. The SMILES string of the molecule is CCOC(=O)[C@@H]1OCO[C@H]1C(=O)N[C@](C)(Cc1ccc(OCc2c(Cl)cccc2Cl)cc1)OC(C)(C)C. The van der Waals surface area contributed by atoms with Crippen LogP contribution in [-0.2, 0) is 41.6 Å². The second-order valence-electron chi connectivity index (χ2n) is 9.79. The Morgan fingerprint density at radius 1 is 1.00 bits per heavy atom. The highest BCUT2D eigenvalue weighted by Crippen LogP contribution is 2.28. The molecule has 1 saturated heterocycles. The maximum Gasteiger partial charge on any atom is 0.338 e. The van der Waals surface area contributed by atoms with Gasteiger partial charge in [0.2, 0.25) is 0 Å². The summed E-state index contributed by atoms with van der Waals surface area (Å²) in [4.78, 5) is 25.3. The Labute approximate surface area is 227 Å². The zero-order valence-corrected chi connectivity index (χ0v) is 23.2. The van der Waals surface area contributed by atoms with E-state index in [1.54, 1.807) is 32.0 Å². The van der Waals surface area contributed by atoms with Gasteiger partial charge in [0.1, 0.15) is 24.9 Å². The maximum absolute atomic E-state index is 13.1. The van der Waals surface area contributed by atoms with Crippen molar-refractivity contribution in [3.8, 4) is 5.75 Å². The van der Waals surface area contributed by atoms with Crippen molar-refractivity contribution in [3.63, 3.8) is 0 Å². The summed E-state index contributed by atoms with van der Waals surface area (Å²) in [5.74, 6) is -0.540. The molecule has 0 spiro atoms. The smallest absolute Gasteiger partial charge is 0.338 e. The molecule has 1 amide bonds. The lowest BCUT2D eigenvalue weighted by atomic mass is 10.0. The van der Waals surface area contributed by atoms with Crippen LogP contribution in [0.2, 0.25) is 10.0 Å². The van der Waals surface area contributed by atoms with E-state index < -0.39 is 35.4 Å². The second kappa shape index (κ2) is 12.5. The first-order valence-corrected chi connectivity index (χ1v) is 12.7. The lowest BCUT2D eigenvalue weighted by molar-refractivity contribution is -0.165. The lowest BCUT2D eigenvalue weighted by Gasteiger charge is -2.38. The number of rotatable bonds is 10. The van der Waals surface area contributed by atoms with Gasteiger partial charge in [-0.1, -0.05) is 41.4 Å². The Morgan fingerprint density at radius 3 is 2.22 bits per heavy atom. The standard InChI is InChI=1S/C27H33Cl2NO7/c1-6-33-25(32)23-22(35-16-36-23)24(31)30-27(5,37-26(2,3)4)14-17-10-12-18(13-11-17)34-15-19-20(28)8-7-9-21(19)29/h7-13,22-23H,6,14-16H2,1-5H3,(H,30,31)/t22-,23-,27+/m1/s1. The molecule has 1 N–H and O–H groups in total. The van der Waals surface area contributed by atoms with E-state index in [2.05, 4.69) is 5.32 Å². The minimum Gasteiger partial charge on any atom is -0.489 e. The van der Waals surface area contributed by atoms with Gasteiger partial charge >= 0.3 is 5.97 Å². The van der Waals surface area contributed by atoms with Gasteiger partial charge in [0.15, 0.2) is 12.2 Å². The second-order valence-corrected chi connectivity index (χ2v) is 10.6. The Kier molecular flexibility index (Phi) is 9.83. The topological polar surface area (TPSA) is 92.3 Å². The van der Waals surface area contributed by atoms with Crippen molar-refractivity contribution in [2.24, 2.45) is 0 Å². The minimum absolute atomic E-state index is 0.170. The zero-order chi connectivity index (χ0) is 27.2. The Hall–Kier alpha value is -2.36. The zero-order valence-electron chi connectivity index (χ0n) is 21.6. The molecule has 0 aliphatic carbocycles. The number of carbonyl (C=O) groups is 2. The molecule has 0 aromatic heterocycles. The van der Waals surface area contributed by atoms with Gasteiger partial charge in [0.25, 0.3) is 5.91 Å². The largest absolute Gasteiger partial charge is 0.489 e. The van der Waals surface area contributed by atoms with Crippen LogP contribution in [0.3, 0.4) is 0 Å². The summed E-state index contributed by atoms with van der Waals surface area (Å²) in [6, 6.07) is 12.7. The first-order chi connectivity index (χ1) is 17.4. The lowest BCUT2D eigenvalue weighted by Crippen LogP contribution is -2.57. The normalized spacial score (nSPS) is 19.2. The van der Waals surface area contributed by atoms with Gasteiger partial charge in [-0.3, -0.25) is 4.79 Å². The summed E-state index contributed by atoms with van der Waals surface area (Å²) >= 11 is 12.4. The summed E-state index contributed by atoms with van der Waals surface area (Å²) in [5, 5.41) is 3.98. The molecule has 8 nitrogen and oxygen atoms in total. The molecule has 1 fully saturated rings. The van der Waals surface area contributed by atoms with Crippen LogP contribution < -0.4 is 10.1 Å². The van der Waals surface area contributed by atoms with E-state index in [0.717, 1.165) is 5.56 Å². The number of nitrogens with one attached hydrogen (secondary N) is 1. The third-order valence-electron chi connectivity index (χ3n) is 5.38. The van der Waals surface area contributed by atoms with E-state index in [1.807, 2.05) is 45.0 Å². The highest BCUT2D eigenvalue weighted by atomic mass is 35.5. The molecule has 2 aromatic carbocycles. The van der Waals surface area contributed by atoms with Crippen LogP contribution in [0.25, 0.3) is 0 Å². The van der Waals surface area contributed by atoms with Crippen molar-refractivity contribution in [2.45, 2.75) is 71.2 Å². The molecule has 2 aromatic rings. The Morgan fingerprint density at radius 2 is 1.62 bits per heavy atom. The van der Waals surface area contributed by atoms with Gasteiger partial charge in [0.05, 0.1) is 12.2 Å². The maximum atomic E-state index is 13.1. The minimum atomic E-state index is -1.14. The van der Waals surface area contributed by atoms with Crippen molar-refractivity contribution in [3.05, 3.63) is 63.6 Å².